The van der Waals surface area contributed by atoms with E-state index in [4.69, 9.17) is 0 Å². The van der Waals surface area contributed by atoms with Crippen LogP contribution in [0.1, 0.15) is 16.7 Å². The number of aryl methyl sites for hydroxylation is 2. The van der Waals surface area contributed by atoms with E-state index in [1.807, 2.05) is 13.0 Å². The van der Waals surface area contributed by atoms with Crippen LogP contribution in [0.25, 0.3) is 0 Å². The van der Waals surface area contributed by atoms with Crippen LogP contribution in [0.2, 0.25) is 0 Å². The van der Waals surface area contributed by atoms with E-state index in [-0.39, 0.29) is 21.8 Å². The van der Waals surface area contributed by atoms with Gasteiger partial charge < -0.3 is 0 Å². The SMILES string of the molecule is Cc1ccc(NS(=O)(=O)c2ccc(NS(=O)(=O)Cc3cccc([N+](=O)[O-])c3)cc2)c(C)c1. The highest BCUT2D eigenvalue weighted by molar-refractivity contribution is 7.92. The molecule has 0 fully saturated rings. The summed E-state index contributed by atoms with van der Waals surface area (Å²) in [4.78, 5) is 10.2. The van der Waals surface area contributed by atoms with E-state index in [9.17, 15) is 26.9 Å². The van der Waals surface area contributed by atoms with Crippen LogP contribution in [0.5, 0.6) is 0 Å². The highest BCUT2D eigenvalue weighted by Gasteiger charge is 2.17. The number of nitro benzene ring substituents is 1. The third-order valence-corrected chi connectivity index (χ3v) is 7.18. The number of nitrogens with zero attached hydrogens (tertiary/aromatic N) is 1. The van der Waals surface area contributed by atoms with E-state index in [1.165, 1.54) is 48.5 Å². The Morgan fingerprint density at radius 2 is 1.56 bits per heavy atom. The lowest BCUT2D eigenvalue weighted by atomic mass is 10.1. The first-order valence-electron chi connectivity index (χ1n) is 9.39. The van der Waals surface area contributed by atoms with Gasteiger partial charge in [-0.1, -0.05) is 29.8 Å². The molecular weight excluding hydrogens is 454 g/mol. The van der Waals surface area contributed by atoms with Crippen LogP contribution in [0, 0.1) is 24.0 Å². The molecule has 0 saturated heterocycles. The Bertz CT molecular complexity index is 1370. The number of nitrogens with one attached hydrogen (secondary N) is 2. The largest absolute Gasteiger partial charge is 0.283 e. The Hall–Kier alpha value is -3.44. The summed E-state index contributed by atoms with van der Waals surface area (Å²) in [6.07, 6.45) is 0. The summed E-state index contributed by atoms with van der Waals surface area (Å²) in [6, 6.07) is 15.9. The second-order valence-corrected chi connectivity index (χ2v) is 10.6. The number of anilines is 2. The molecule has 3 rings (SSSR count). The fraction of sp³-hybridized carbons (Fsp3) is 0.143. The van der Waals surface area contributed by atoms with Crippen molar-refractivity contribution in [3.8, 4) is 0 Å². The molecule has 2 N–H and O–H groups in total. The average molecular weight is 476 g/mol. The van der Waals surface area contributed by atoms with Gasteiger partial charge in [-0.3, -0.25) is 19.6 Å². The van der Waals surface area contributed by atoms with Gasteiger partial charge in [0, 0.05) is 17.8 Å². The minimum Gasteiger partial charge on any atom is -0.283 e. The van der Waals surface area contributed by atoms with Crippen LogP contribution in [0.4, 0.5) is 17.1 Å². The van der Waals surface area contributed by atoms with Gasteiger partial charge in [0.2, 0.25) is 10.0 Å². The molecule has 0 atom stereocenters. The number of hydrogen-bond acceptors (Lipinski definition) is 6. The summed E-state index contributed by atoms with van der Waals surface area (Å²) < 4.78 is 55.0. The second kappa shape index (κ2) is 8.97. The normalized spacial score (nSPS) is 11.7. The Labute approximate surface area is 186 Å². The highest BCUT2D eigenvalue weighted by atomic mass is 32.2. The van der Waals surface area contributed by atoms with E-state index >= 15 is 0 Å². The summed E-state index contributed by atoms with van der Waals surface area (Å²) in [6.45, 7) is 3.70. The number of rotatable bonds is 8. The summed E-state index contributed by atoms with van der Waals surface area (Å²) in [5.74, 6) is -0.469. The molecular formula is C21H21N3O6S2. The van der Waals surface area contributed by atoms with Gasteiger partial charge >= 0.3 is 0 Å². The van der Waals surface area contributed by atoms with Gasteiger partial charge in [-0.25, -0.2) is 16.8 Å². The maximum absolute atomic E-state index is 12.7. The number of sulfonamides is 2. The number of hydrogen-bond donors (Lipinski definition) is 2. The van der Waals surface area contributed by atoms with Crippen molar-refractivity contribution < 1.29 is 21.8 Å². The van der Waals surface area contributed by atoms with Crippen LogP contribution in [-0.2, 0) is 25.8 Å². The molecule has 168 valence electrons. The Morgan fingerprint density at radius 1 is 0.875 bits per heavy atom. The van der Waals surface area contributed by atoms with Crippen LogP contribution in [-0.4, -0.2) is 21.8 Å². The minimum absolute atomic E-state index is 0.0286. The third kappa shape index (κ3) is 5.83. The van der Waals surface area contributed by atoms with Crippen LogP contribution in [0.3, 0.4) is 0 Å². The lowest BCUT2D eigenvalue weighted by molar-refractivity contribution is -0.384. The zero-order valence-electron chi connectivity index (χ0n) is 17.3. The molecule has 0 aromatic heterocycles. The monoisotopic (exact) mass is 475 g/mol. The summed E-state index contributed by atoms with van der Waals surface area (Å²) in [7, 11) is -7.74. The first kappa shape index (κ1) is 23.2. The van der Waals surface area contributed by atoms with Crippen molar-refractivity contribution in [3.63, 3.8) is 0 Å². The molecule has 0 saturated carbocycles. The second-order valence-electron chi connectivity index (χ2n) is 7.24. The third-order valence-electron chi connectivity index (χ3n) is 4.54. The maximum Gasteiger partial charge on any atom is 0.269 e. The minimum atomic E-state index is -3.87. The van der Waals surface area contributed by atoms with Crippen molar-refractivity contribution in [1.29, 1.82) is 0 Å². The van der Waals surface area contributed by atoms with E-state index < -0.39 is 30.7 Å². The standard InChI is InChI=1S/C21H21N3O6S2/c1-15-6-11-21(16(2)12-15)23-32(29,30)20-9-7-18(8-10-20)22-31(27,28)14-17-4-3-5-19(13-17)24(25)26/h3-13,22-23H,14H2,1-2H3. The van der Waals surface area contributed by atoms with Gasteiger partial charge in [-0.05, 0) is 55.3 Å². The quantitative estimate of drug-likeness (QED) is 0.374. The first-order chi connectivity index (χ1) is 14.9. The van der Waals surface area contributed by atoms with Crippen molar-refractivity contribution in [2.45, 2.75) is 24.5 Å². The van der Waals surface area contributed by atoms with Crippen molar-refractivity contribution >= 4 is 37.1 Å². The van der Waals surface area contributed by atoms with Gasteiger partial charge in [0.25, 0.3) is 15.7 Å². The van der Waals surface area contributed by atoms with E-state index in [2.05, 4.69) is 9.44 Å². The van der Waals surface area contributed by atoms with E-state index in [0.29, 0.717) is 5.69 Å². The van der Waals surface area contributed by atoms with E-state index in [0.717, 1.165) is 11.1 Å². The average Bonchev–Trinajstić information content (AvgIpc) is 2.70. The molecule has 9 nitrogen and oxygen atoms in total. The van der Waals surface area contributed by atoms with Gasteiger partial charge in [-0.15, -0.1) is 0 Å². The molecule has 0 aliphatic heterocycles. The lowest BCUT2D eigenvalue weighted by Gasteiger charge is -2.12. The van der Waals surface area contributed by atoms with Crippen molar-refractivity contribution in [2.75, 3.05) is 9.44 Å². The molecule has 32 heavy (non-hydrogen) atoms. The van der Waals surface area contributed by atoms with Gasteiger partial charge in [0.15, 0.2) is 0 Å². The van der Waals surface area contributed by atoms with Gasteiger partial charge in [0.05, 0.1) is 21.3 Å². The van der Waals surface area contributed by atoms with Crippen LogP contribution >= 0.6 is 0 Å². The molecule has 3 aromatic carbocycles. The zero-order chi connectivity index (χ0) is 23.5. The number of nitro groups is 1. The number of benzene rings is 3. The predicted molar refractivity (Wildman–Crippen MR) is 123 cm³/mol. The smallest absolute Gasteiger partial charge is 0.269 e. The van der Waals surface area contributed by atoms with Crippen molar-refractivity contribution in [3.05, 3.63) is 93.5 Å². The first-order valence-corrected chi connectivity index (χ1v) is 12.5. The lowest BCUT2D eigenvalue weighted by Crippen LogP contribution is -2.16. The van der Waals surface area contributed by atoms with Crippen molar-refractivity contribution in [2.24, 2.45) is 0 Å². The molecule has 0 radical (unpaired) electrons. The van der Waals surface area contributed by atoms with Crippen LogP contribution in [0.15, 0.2) is 71.6 Å². The molecule has 0 aliphatic rings. The Morgan fingerprint density at radius 3 is 2.19 bits per heavy atom. The number of non-ortho nitro benzene ring substituents is 1. The predicted octanol–water partition coefficient (Wildman–Crippen LogP) is 3.95. The molecule has 0 bridgehead atoms. The molecule has 3 aromatic rings. The fourth-order valence-electron chi connectivity index (χ4n) is 3.03. The summed E-state index contributed by atoms with van der Waals surface area (Å²) in [5.41, 5.74) is 2.46. The molecule has 0 amide bonds. The fourth-order valence-corrected chi connectivity index (χ4v) is 5.35. The van der Waals surface area contributed by atoms with Gasteiger partial charge in [0.1, 0.15) is 0 Å². The summed E-state index contributed by atoms with van der Waals surface area (Å²) in [5, 5.41) is 10.9. The van der Waals surface area contributed by atoms with Gasteiger partial charge in [-0.2, -0.15) is 0 Å². The molecule has 11 heteroatoms. The highest BCUT2D eigenvalue weighted by Crippen LogP contribution is 2.23. The maximum atomic E-state index is 12.7. The van der Waals surface area contributed by atoms with Crippen molar-refractivity contribution in [1.82, 2.24) is 0 Å². The van der Waals surface area contributed by atoms with Crippen LogP contribution < -0.4 is 9.44 Å². The molecule has 0 aliphatic carbocycles. The Kier molecular flexibility index (Phi) is 6.51. The van der Waals surface area contributed by atoms with E-state index in [1.54, 1.807) is 19.1 Å². The molecule has 0 heterocycles. The molecule has 0 unspecified atom stereocenters. The zero-order valence-corrected chi connectivity index (χ0v) is 18.9. The topological polar surface area (TPSA) is 135 Å². The molecule has 0 spiro atoms. The Balaban J connectivity index is 1.73. The summed E-state index contributed by atoms with van der Waals surface area (Å²) >= 11 is 0.